The molecule has 0 bridgehead atoms. The molecule has 3 saturated heterocycles. The average Bonchev–Trinajstić information content (AvgIpc) is 3.54. The summed E-state index contributed by atoms with van der Waals surface area (Å²) in [5, 5.41) is 4.76. The van der Waals surface area contributed by atoms with Crippen LogP contribution >= 0.6 is 0 Å². The van der Waals surface area contributed by atoms with Crippen LogP contribution in [0.1, 0.15) is 50.3 Å². The molecule has 1 amide bonds. The summed E-state index contributed by atoms with van der Waals surface area (Å²) < 4.78 is 7.49. The number of aromatic nitrogens is 4. The van der Waals surface area contributed by atoms with E-state index in [0.29, 0.717) is 6.61 Å². The van der Waals surface area contributed by atoms with E-state index in [0.717, 1.165) is 68.2 Å². The Morgan fingerprint density at radius 3 is 2.79 bits per heavy atom. The van der Waals surface area contributed by atoms with Gasteiger partial charge in [-0.25, -0.2) is 9.97 Å². The Morgan fingerprint density at radius 1 is 1.14 bits per heavy atom. The Kier molecular flexibility index (Phi) is 4.95. The first-order chi connectivity index (χ1) is 14.2. The van der Waals surface area contributed by atoms with Crippen LogP contribution < -0.4 is 4.90 Å². The van der Waals surface area contributed by atoms with Gasteiger partial charge in [-0.2, -0.15) is 5.10 Å². The number of carbonyl (C=O) groups excluding carboxylic acids is 1. The Bertz CT molecular complexity index is 885. The van der Waals surface area contributed by atoms with Crippen LogP contribution in [0.4, 0.5) is 5.95 Å². The zero-order valence-corrected chi connectivity index (χ0v) is 17.0. The highest BCUT2D eigenvalue weighted by Crippen LogP contribution is 2.37. The number of anilines is 1. The van der Waals surface area contributed by atoms with Gasteiger partial charge in [-0.15, -0.1) is 0 Å². The van der Waals surface area contributed by atoms with Gasteiger partial charge in [0.1, 0.15) is 6.10 Å². The van der Waals surface area contributed by atoms with E-state index in [1.165, 1.54) is 12.8 Å². The van der Waals surface area contributed by atoms with Gasteiger partial charge in [0, 0.05) is 51.2 Å². The highest BCUT2D eigenvalue weighted by atomic mass is 16.5. The largest absolute Gasteiger partial charge is 0.368 e. The smallest absolute Gasteiger partial charge is 0.252 e. The van der Waals surface area contributed by atoms with Crippen molar-refractivity contribution in [2.24, 2.45) is 7.05 Å². The van der Waals surface area contributed by atoms with Gasteiger partial charge in [0.25, 0.3) is 5.91 Å². The zero-order chi connectivity index (χ0) is 19.8. The maximum atomic E-state index is 13.0. The molecule has 154 valence electrons. The number of hydrogen-bond donors (Lipinski definition) is 0. The van der Waals surface area contributed by atoms with E-state index in [4.69, 9.17) is 14.8 Å². The predicted molar refractivity (Wildman–Crippen MR) is 108 cm³/mol. The molecule has 8 heteroatoms. The topological polar surface area (TPSA) is 76.4 Å². The molecule has 3 fully saturated rings. The summed E-state index contributed by atoms with van der Waals surface area (Å²) in [6.45, 7) is 3.47. The first-order valence-electron chi connectivity index (χ1n) is 10.7. The summed E-state index contributed by atoms with van der Waals surface area (Å²) >= 11 is 0. The minimum absolute atomic E-state index is 0.0203. The molecule has 0 N–H and O–H groups in total. The molecule has 0 aliphatic carbocycles. The van der Waals surface area contributed by atoms with E-state index < -0.39 is 0 Å². The maximum Gasteiger partial charge on any atom is 0.252 e. The molecule has 5 rings (SSSR count). The number of nitrogens with zero attached hydrogens (tertiary/aromatic N) is 6. The minimum Gasteiger partial charge on any atom is -0.368 e. The highest BCUT2D eigenvalue weighted by Gasteiger charge is 2.38. The maximum absolute atomic E-state index is 13.0. The fourth-order valence-corrected chi connectivity index (χ4v) is 4.79. The molecule has 0 aromatic carbocycles. The Balaban J connectivity index is 1.46. The number of carbonyl (C=O) groups is 1. The second kappa shape index (κ2) is 7.74. The minimum atomic E-state index is -0.288. The molecular formula is C21H28N6O2. The van der Waals surface area contributed by atoms with Crippen LogP contribution in [0.5, 0.6) is 0 Å². The second-order valence-electron chi connectivity index (χ2n) is 8.23. The lowest BCUT2D eigenvalue weighted by Crippen LogP contribution is -2.38. The van der Waals surface area contributed by atoms with Gasteiger partial charge in [-0.3, -0.25) is 9.48 Å². The number of likely N-dealkylation sites (tertiary alicyclic amines) is 1. The Morgan fingerprint density at radius 2 is 2.00 bits per heavy atom. The third-order valence-corrected chi connectivity index (χ3v) is 6.22. The molecule has 0 saturated carbocycles. The summed E-state index contributed by atoms with van der Waals surface area (Å²) in [7, 11) is 1.93. The van der Waals surface area contributed by atoms with Crippen LogP contribution in [-0.2, 0) is 16.6 Å². The lowest BCUT2D eigenvalue weighted by atomic mass is 10.0. The number of ether oxygens (including phenoxy) is 1. The summed E-state index contributed by atoms with van der Waals surface area (Å²) in [6, 6.07) is 1.93. The van der Waals surface area contributed by atoms with Gasteiger partial charge in [-0.1, -0.05) is 0 Å². The zero-order valence-electron chi connectivity index (χ0n) is 17.0. The van der Waals surface area contributed by atoms with Crippen LogP contribution in [-0.4, -0.2) is 62.9 Å². The van der Waals surface area contributed by atoms with Crippen LogP contribution in [0.25, 0.3) is 11.3 Å². The van der Waals surface area contributed by atoms with Gasteiger partial charge in [0.15, 0.2) is 0 Å². The summed E-state index contributed by atoms with van der Waals surface area (Å²) in [5.74, 6) is 0.899. The molecule has 2 aromatic rings. The first kappa shape index (κ1) is 18.5. The van der Waals surface area contributed by atoms with Gasteiger partial charge in [-0.05, 0) is 44.6 Å². The fourth-order valence-electron chi connectivity index (χ4n) is 4.79. The average molecular weight is 396 g/mol. The summed E-state index contributed by atoms with van der Waals surface area (Å²) in [6.07, 6.45) is 9.63. The molecule has 2 aromatic heterocycles. The molecule has 0 unspecified atom stereocenters. The van der Waals surface area contributed by atoms with Crippen LogP contribution in [0.15, 0.2) is 18.5 Å². The summed E-state index contributed by atoms with van der Waals surface area (Å²) in [4.78, 5) is 26.6. The lowest BCUT2D eigenvalue weighted by molar-refractivity contribution is -0.142. The number of hydrogen-bond acceptors (Lipinski definition) is 6. The van der Waals surface area contributed by atoms with Crippen molar-refractivity contribution in [3.8, 4) is 11.3 Å². The summed E-state index contributed by atoms with van der Waals surface area (Å²) in [5.41, 5.74) is 2.80. The van der Waals surface area contributed by atoms with E-state index in [9.17, 15) is 4.79 Å². The monoisotopic (exact) mass is 396 g/mol. The van der Waals surface area contributed by atoms with Crippen LogP contribution in [0.3, 0.4) is 0 Å². The SMILES string of the molecule is Cn1cc(-c2ccnc(N3CCCC3)n2)c([C@@H]2CCCN2C(=O)[C@H]2CCCO2)n1. The van der Waals surface area contributed by atoms with E-state index in [1.54, 1.807) is 0 Å². The third-order valence-electron chi connectivity index (χ3n) is 6.22. The van der Waals surface area contributed by atoms with Gasteiger partial charge < -0.3 is 14.5 Å². The van der Waals surface area contributed by atoms with E-state index in [1.807, 2.05) is 35.1 Å². The third kappa shape index (κ3) is 3.50. The van der Waals surface area contributed by atoms with Crippen molar-refractivity contribution in [1.29, 1.82) is 0 Å². The van der Waals surface area contributed by atoms with Crippen molar-refractivity contribution in [1.82, 2.24) is 24.6 Å². The molecule has 0 spiro atoms. The van der Waals surface area contributed by atoms with Crippen molar-refractivity contribution >= 4 is 11.9 Å². The van der Waals surface area contributed by atoms with Crippen molar-refractivity contribution < 1.29 is 9.53 Å². The first-order valence-corrected chi connectivity index (χ1v) is 10.7. The second-order valence-corrected chi connectivity index (χ2v) is 8.23. The molecule has 3 aliphatic rings. The molecule has 29 heavy (non-hydrogen) atoms. The molecule has 8 nitrogen and oxygen atoms in total. The lowest BCUT2D eigenvalue weighted by Gasteiger charge is -2.26. The van der Waals surface area contributed by atoms with Crippen molar-refractivity contribution in [3.05, 3.63) is 24.2 Å². The Labute approximate surface area is 170 Å². The number of aryl methyl sites for hydroxylation is 1. The van der Waals surface area contributed by atoms with Crippen molar-refractivity contribution in [2.45, 2.75) is 50.7 Å². The predicted octanol–water partition coefficient (Wildman–Crippen LogP) is 2.32. The normalized spacial score (nSPS) is 24.6. The highest BCUT2D eigenvalue weighted by molar-refractivity contribution is 5.82. The number of amides is 1. The molecule has 0 radical (unpaired) electrons. The quantitative estimate of drug-likeness (QED) is 0.789. The van der Waals surface area contributed by atoms with Gasteiger partial charge >= 0.3 is 0 Å². The van der Waals surface area contributed by atoms with Crippen LogP contribution in [0, 0.1) is 0 Å². The van der Waals surface area contributed by atoms with Crippen molar-refractivity contribution in [2.75, 3.05) is 31.1 Å². The Hall–Kier alpha value is -2.48. The van der Waals surface area contributed by atoms with Crippen LogP contribution in [0.2, 0.25) is 0 Å². The van der Waals surface area contributed by atoms with E-state index >= 15 is 0 Å². The molecular weight excluding hydrogens is 368 g/mol. The van der Waals surface area contributed by atoms with E-state index in [2.05, 4.69) is 9.88 Å². The molecule has 5 heterocycles. The van der Waals surface area contributed by atoms with E-state index in [-0.39, 0.29) is 18.1 Å². The fraction of sp³-hybridized carbons (Fsp3) is 0.619. The van der Waals surface area contributed by atoms with Gasteiger partial charge in [0.2, 0.25) is 5.95 Å². The molecule has 2 atom stereocenters. The van der Waals surface area contributed by atoms with Crippen molar-refractivity contribution in [3.63, 3.8) is 0 Å². The standard InChI is InChI=1S/C21H28N6O2/c1-25-14-15(16-8-9-22-21(23-16)26-10-2-3-11-26)19(24-25)17-6-4-12-27(17)20(28)18-7-5-13-29-18/h8-9,14,17-18H,2-7,10-13H2,1H3/t17-,18+/m0/s1. The molecule has 3 aliphatic heterocycles. The van der Waals surface area contributed by atoms with Gasteiger partial charge in [0.05, 0.1) is 17.4 Å². The number of rotatable bonds is 4.